The zero-order valence-corrected chi connectivity index (χ0v) is 12.1. The van der Waals surface area contributed by atoms with Crippen molar-refractivity contribution in [3.05, 3.63) is 65.7 Å². The highest BCUT2D eigenvalue weighted by Crippen LogP contribution is 2.46. The number of nitrogens with one attached hydrogen (secondary N) is 1. The number of anilines is 1. The first-order valence-electron chi connectivity index (χ1n) is 6.84. The molecule has 122 valence electrons. The molecule has 0 aliphatic carbocycles. The Morgan fingerprint density at radius 2 is 1.67 bits per heavy atom. The molecule has 3 aromatic rings. The first kappa shape index (κ1) is 15.5. The normalized spacial score (nSPS) is 10.6. The molecule has 0 saturated heterocycles. The summed E-state index contributed by atoms with van der Waals surface area (Å²) in [5.41, 5.74) is -0.103. The van der Waals surface area contributed by atoms with Gasteiger partial charge in [0.05, 0.1) is 5.56 Å². The molecule has 1 amide bonds. The minimum Gasteiger partial charge on any atom is -0.502 e. The zero-order chi connectivity index (χ0) is 17.3. The molecule has 2 aromatic carbocycles. The third-order valence-electron chi connectivity index (χ3n) is 3.32. The van der Waals surface area contributed by atoms with E-state index < -0.39 is 40.7 Å². The van der Waals surface area contributed by atoms with Crippen molar-refractivity contribution in [2.75, 3.05) is 5.32 Å². The Kier molecular flexibility index (Phi) is 3.91. The van der Waals surface area contributed by atoms with Gasteiger partial charge in [-0.15, -0.1) is 0 Å². The maximum atomic E-state index is 13.8. The standard InChI is InChI=1S/C17H11F2NO4/c18-11-8-4-7-10(12(11)19)15-13(21)14(22)17(24-15)20-16(23)9-5-2-1-3-6-9/h1-8,21-22H,(H,20,23). The lowest BCUT2D eigenvalue weighted by molar-refractivity contribution is 0.102. The van der Waals surface area contributed by atoms with Crippen LogP contribution in [0.25, 0.3) is 11.3 Å². The number of benzene rings is 2. The van der Waals surface area contributed by atoms with Gasteiger partial charge in [0, 0.05) is 5.56 Å². The number of amides is 1. The van der Waals surface area contributed by atoms with Gasteiger partial charge in [-0.2, -0.15) is 0 Å². The van der Waals surface area contributed by atoms with Crippen molar-refractivity contribution < 1.29 is 28.2 Å². The van der Waals surface area contributed by atoms with Crippen LogP contribution in [0.1, 0.15) is 10.4 Å². The monoisotopic (exact) mass is 331 g/mol. The van der Waals surface area contributed by atoms with Crippen LogP contribution in [0.2, 0.25) is 0 Å². The first-order valence-corrected chi connectivity index (χ1v) is 6.84. The predicted octanol–water partition coefficient (Wildman–Crippen LogP) is 3.89. The highest BCUT2D eigenvalue weighted by Gasteiger charge is 2.25. The Balaban J connectivity index is 1.97. The molecule has 7 heteroatoms. The molecule has 0 atom stereocenters. The van der Waals surface area contributed by atoms with Gasteiger partial charge in [0.15, 0.2) is 17.4 Å². The van der Waals surface area contributed by atoms with E-state index in [0.717, 1.165) is 6.07 Å². The van der Waals surface area contributed by atoms with Gasteiger partial charge in [-0.3, -0.25) is 10.1 Å². The number of hydrogen-bond acceptors (Lipinski definition) is 4. The smallest absolute Gasteiger partial charge is 0.258 e. The maximum absolute atomic E-state index is 13.8. The van der Waals surface area contributed by atoms with Crippen LogP contribution in [0.3, 0.4) is 0 Å². The van der Waals surface area contributed by atoms with Gasteiger partial charge < -0.3 is 14.6 Å². The van der Waals surface area contributed by atoms with Crippen LogP contribution < -0.4 is 5.32 Å². The number of aromatic hydroxyl groups is 2. The van der Waals surface area contributed by atoms with Gasteiger partial charge in [0.25, 0.3) is 5.91 Å². The third kappa shape index (κ3) is 2.67. The summed E-state index contributed by atoms with van der Waals surface area (Å²) >= 11 is 0. The summed E-state index contributed by atoms with van der Waals surface area (Å²) in [6, 6.07) is 11.3. The van der Waals surface area contributed by atoms with Crippen LogP contribution in [-0.4, -0.2) is 16.1 Å². The van der Waals surface area contributed by atoms with E-state index in [1.807, 2.05) is 0 Å². The van der Waals surface area contributed by atoms with E-state index in [-0.39, 0.29) is 11.1 Å². The van der Waals surface area contributed by atoms with E-state index in [0.29, 0.717) is 0 Å². The molecule has 0 unspecified atom stereocenters. The van der Waals surface area contributed by atoms with E-state index >= 15 is 0 Å². The van der Waals surface area contributed by atoms with E-state index in [9.17, 15) is 23.8 Å². The molecule has 0 radical (unpaired) electrons. The molecule has 0 aliphatic heterocycles. The Labute approximate surface area is 134 Å². The molecule has 3 N–H and O–H groups in total. The van der Waals surface area contributed by atoms with E-state index in [4.69, 9.17) is 4.42 Å². The Hall–Kier alpha value is -3.35. The summed E-state index contributed by atoms with van der Waals surface area (Å²) in [7, 11) is 0. The lowest BCUT2D eigenvalue weighted by Gasteiger charge is -2.02. The van der Waals surface area contributed by atoms with Crippen LogP contribution >= 0.6 is 0 Å². The van der Waals surface area contributed by atoms with Gasteiger partial charge in [-0.05, 0) is 24.3 Å². The molecular weight excluding hydrogens is 320 g/mol. The number of carbonyl (C=O) groups excluding carboxylic acids is 1. The number of halogens is 2. The fourth-order valence-electron chi connectivity index (χ4n) is 2.13. The molecule has 1 heterocycles. The third-order valence-corrected chi connectivity index (χ3v) is 3.32. The van der Waals surface area contributed by atoms with Gasteiger partial charge in [-0.1, -0.05) is 24.3 Å². The Bertz CT molecular complexity index is 906. The molecule has 0 fully saturated rings. The SMILES string of the molecule is O=C(Nc1oc(-c2cccc(F)c2F)c(O)c1O)c1ccccc1. The summed E-state index contributed by atoms with van der Waals surface area (Å²) in [6.45, 7) is 0. The topological polar surface area (TPSA) is 82.7 Å². The molecule has 1 aromatic heterocycles. The van der Waals surface area contributed by atoms with Crippen molar-refractivity contribution in [1.82, 2.24) is 0 Å². The second-order valence-electron chi connectivity index (χ2n) is 4.88. The summed E-state index contributed by atoms with van der Waals surface area (Å²) < 4.78 is 32.2. The average molecular weight is 331 g/mol. The quantitative estimate of drug-likeness (QED) is 0.680. The van der Waals surface area contributed by atoms with Crippen LogP contribution in [0.5, 0.6) is 11.5 Å². The molecule has 3 rings (SSSR count). The average Bonchev–Trinajstić information content (AvgIpc) is 2.86. The largest absolute Gasteiger partial charge is 0.502 e. The molecule has 0 saturated carbocycles. The van der Waals surface area contributed by atoms with Crippen molar-refractivity contribution >= 4 is 11.8 Å². The lowest BCUT2D eigenvalue weighted by atomic mass is 10.1. The molecule has 0 aliphatic rings. The first-order chi connectivity index (χ1) is 11.5. The number of carbonyl (C=O) groups is 1. The predicted molar refractivity (Wildman–Crippen MR) is 81.8 cm³/mol. The number of furan rings is 1. The fraction of sp³-hybridized carbons (Fsp3) is 0. The van der Waals surface area contributed by atoms with E-state index in [1.54, 1.807) is 18.2 Å². The van der Waals surface area contributed by atoms with Gasteiger partial charge in [0.1, 0.15) is 0 Å². The van der Waals surface area contributed by atoms with Crippen molar-refractivity contribution in [2.45, 2.75) is 0 Å². The van der Waals surface area contributed by atoms with Crippen molar-refractivity contribution in [3.8, 4) is 22.8 Å². The van der Waals surface area contributed by atoms with Crippen LogP contribution in [0.15, 0.2) is 52.9 Å². The van der Waals surface area contributed by atoms with Crippen molar-refractivity contribution in [2.24, 2.45) is 0 Å². The van der Waals surface area contributed by atoms with Crippen LogP contribution in [0.4, 0.5) is 14.7 Å². The van der Waals surface area contributed by atoms with Crippen molar-refractivity contribution in [3.63, 3.8) is 0 Å². The summed E-state index contributed by atoms with van der Waals surface area (Å²) in [5.74, 6) is -5.54. The minimum atomic E-state index is -1.25. The highest BCUT2D eigenvalue weighted by molar-refractivity contribution is 6.04. The molecule has 0 spiro atoms. The van der Waals surface area contributed by atoms with Crippen LogP contribution in [0, 0.1) is 11.6 Å². The van der Waals surface area contributed by atoms with Crippen LogP contribution in [-0.2, 0) is 0 Å². The fourth-order valence-corrected chi connectivity index (χ4v) is 2.13. The lowest BCUT2D eigenvalue weighted by Crippen LogP contribution is -2.11. The van der Waals surface area contributed by atoms with E-state index in [1.165, 1.54) is 24.3 Å². The summed E-state index contributed by atoms with van der Waals surface area (Å²) in [6.07, 6.45) is 0. The number of hydrogen-bond donors (Lipinski definition) is 3. The van der Waals surface area contributed by atoms with Gasteiger partial charge in [0.2, 0.25) is 17.4 Å². The van der Waals surface area contributed by atoms with Gasteiger partial charge in [-0.25, -0.2) is 8.78 Å². The molecule has 24 heavy (non-hydrogen) atoms. The second kappa shape index (κ2) is 6.04. The summed E-state index contributed by atoms with van der Waals surface area (Å²) in [5, 5.41) is 22.0. The maximum Gasteiger partial charge on any atom is 0.258 e. The molecule has 5 nitrogen and oxygen atoms in total. The highest BCUT2D eigenvalue weighted by atomic mass is 19.2. The Morgan fingerprint density at radius 3 is 2.38 bits per heavy atom. The van der Waals surface area contributed by atoms with E-state index in [2.05, 4.69) is 5.32 Å². The molecule has 0 bridgehead atoms. The Morgan fingerprint density at radius 1 is 0.958 bits per heavy atom. The number of rotatable bonds is 3. The zero-order valence-electron chi connectivity index (χ0n) is 12.1. The minimum absolute atomic E-state index is 0.284. The summed E-state index contributed by atoms with van der Waals surface area (Å²) in [4.78, 5) is 12.0. The van der Waals surface area contributed by atoms with Crippen molar-refractivity contribution in [1.29, 1.82) is 0 Å². The molecular formula is C17H11F2NO4. The van der Waals surface area contributed by atoms with Gasteiger partial charge >= 0.3 is 0 Å². The second-order valence-corrected chi connectivity index (χ2v) is 4.88.